The molecule has 0 saturated carbocycles. The number of pyridine rings is 2. The highest BCUT2D eigenvalue weighted by atomic mass is 35.5. The zero-order valence-electron chi connectivity index (χ0n) is 16.5. The summed E-state index contributed by atoms with van der Waals surface area (Å²) >= 11 is 13.1. The van der Waals surface area contributed by atoms with E-state index in [0.717, 1.165) is 0 Å². The van der Waals surface area contributed by atoms with Crippen LogP contribution in [-0.2, 0) is 0 Å². The molecule has 32 heavy (non-hydrogen) atoms. The second kappa shape index (κ2) is 9.18. The molecule has 0 radical (unpaired) electrons. The number of aromatic nitrogens is 2. The Bertz CT molecular complexity index is 1310. The number of nitrogens with two attached hydrogens (primary N) is 1. The van der Waals surface area contributed by atoms with Crippen LogP contribution in [0.4, 0.5) is 5.82 Å². The van der Waals surface area contributed by atoms with Crippen LogP contribution in [0.1, 0.15) is 20.7 Å². The molecule has 0 aliphatic carbocycles. The number of carbonyl (C=O) groups is 2. The summed E-state index contributed by atoms with van der Waals surface area (Å²) in [4.78, 5) is 33.4. The normalized spacial score (nSPS) is 10.6. The fourth-order valence-electron chi connectivity index (χ4n) is 3.26. The molecule has 158 valence electrons. The Balaban J connectivity index is 1.84. The lowest BCUT2D eigenvalue weighted by molar-refractivity contribution is 0.0996. The number of hydrogen-bond donors (Lipinski definition) is 2. The topological polar surface area (TPSA) is 98.0 Å². The molecule has 6 nitrogen and oxygen atoms in total. The zero-order chi connectivity index (χ0) is 22.7. The highest BCUT2D eigenvalue weighted by Gasteiger charge is 2.22. The minimum Gasteiger partial charge on any atom is -0.366 e. The van der Waals surface area contributed by atoms with Crippen molar-refractivity contribution in [2.24, 2.45) is 5.73 Å². The largest absolute Gasteiger partial charge is 0.366 e. The maximum atomic E-state index is 12.9. The molecule has 4 rings (SSSR count). The Morgan fingerprint density at radius 3 is 2.22 bits per heavy atom. The number of rotatable bonds is 5. The Hall–Kier alpha value is -3.74. The van der Waals surface area contributed by atoms with E-state index in [9.17, 15) is 9.59 Å². The predicted molar refractivity (Wildman–Crippen MR) is 126 cm³/mol. The molecular formula is C24H16Cl2N4O2. The van der Waals surface area contributed by atoms with Gasteiger partial charge in [0.15, 0.2) is 0 Å². The van der Waals surface area contributed by atoms with Crippen LogP contribution in [-0.4, -0.2) is 21.8 Å². The van der Waals surface area contributed by atoms with Crippen molar-refractivity contribution in [2.75, 3.05) is 5.32 Å². The minimum atomic E-state index is -0.673. The van der Waals surface area contributed by atoms with Crippen molar-refractivity contribution < 1.29 is 9.59 Å². The molecule has 0 bridgehead atoms. The Labute approximate surface area is 194 Å². The number of anilines is 1. The fourth-order valence-corrected chi connectivity index (χ4v) is 3.83. The first-order valence-electron chi connectivity index (χ1n) is 9.51. The molecule has 2 aromatic carbocycles. The van der Waals surface area contributed by atoms with Crippen molar-refractivity contribution in [3.05, 3.63) is 100 Å². The third-order valence-corrected chi connectivity index (χ3v) is 5.48. The van der Waals surface area contributed by atoms with Crippen LogP contribution in [0.5, 0.6) is 0 Å². The van der Waals surface area contributed by atoms with E-state index in [-0.39, 0.29) is 16.1 Å². The number of nitrogens with zero attached hydrogens (tertiary/aromatic N) is 2. The number of hydrogen-bond acceptors (Lipinski definition) is 4. The van der Waals surface area contributed by atoms with Crippen LogP contribution >= 0.6 is 23.2 Å². The molecule has 0 saturated heterocycles. The quantitative estimate of drug-likeness (QED) is 0.410. The van der Waals surface area contributed by atoms with Gasteiger partial charge < -0.3 is 11.1 Å². The minimum absolute atomic E-state index is 0.0871. The van der Waals surface area contributed by atoms with Crippen molar-refractivity contribution in [1.29, 1.82) is 0 Å². The summed E-state index contributed by atoms with van der Waals surface area (Å²) in [7, 11) is 0. The first-order chi connectivity index (χ1) is 15.5. The Morgan fingerprint density at radius 2 is 1.56 bits per heavy atom. The predicted octanol–water partition coefficient (Wildman–Crippen LogP) is 5.47. The maximum Gasteiger partial charge on any atom is 0.258 e. The highest BCUT2D eigenvalue weighted by Crippen LogP contribution is 2.38. The Kier molecular flexibility index (Phi) is 6.16. The summed E-state index contributed by atoms with van der Waals surface area (Å²) in [6.45, 7) is 0. The van der Waals surface area contributed by atoms with Crippen LogP contribution < -0.4 is 11.1 Å². The Morgan fingerprint density at radius 1 is 0.844 bits per heavy atom. The number of carbonyl (C=O) groups excluding carboxylic acids is 2. The van der Waals surface area contributed by atoms with Gasteiger partial charge in [-0.15, -0.1) is 0 Å². The zero-order valence-corrected chi connectivity index (χ0v) is 18.1. The van der Waals surface area contributed by atoms with E-state index in [0.29, 0.717) is 33.2 Å². The van der Waals surface area contributed by atoms with E-state index in [1.54, 1.807) is 54.9 Å². The molecular weight excluding hydrogens is 447 g/mol. The van der Waals surface area contributed by atoms with Crippen molar-refractivity contribution >= 4 is 40.8 Å². The van der Waals surface area contributed by atoms with Gasteiger partial charge in [0.25, 0.3) is 5.91 Å². The van der Waals surface area contributed by atoms with Crippen LogP contribution in [0, 0.1) is 0 Å². The SMILES string of the molecule is NC(=O)c1ccc(C(=O)Nc2ccccn2)c(Cl)c1-c1ccc(Cl)c(-c2ccccn2)c1. The summed E-state index contributed by atoms with van der Waals surface area (Å²) < 4.78 is 0. The van der Waals surface area contributed by atoms with Crippen molar-refractivity contribution in [3.63, 3.8) is 0 Å². The summed E-state index contributed by atoms with van der Waals surface area (Å²) in [5, 5.41) is 3.26. The highest BCUT2D eigenvalue weighted by molar-refractivity contribution is 6.38. The number of halogens is 2. The molecule has 2 heterocycles. The first kappa shape index (κ1) is 21.5. The van der Waals surface area contributed by atoms with Gasteiger partial charge in [-0.3, -0.25) is 14.6 Å². The second-order valence-corrected chi connectivity index (χ2v) is 7.58. The van der Waals surface area contributed by atoms with E-state index < -0.39 is 11.8 Å². The van der Waals surface area contributed by atoms with Gasteiger partial charge in [-0.25, -0.2) is 4.98 Å². The molecule has 0 fully saturated rings. The van der Waals surface area contributed by atoms with Gasteiger partial charge in [0.2, 0.25) is 5.91 Å². The van der Waals surface area contributed by atoms with Crippen LogP contribution in [0.15, 0.2) is 79.1 Å². The van der Waals surface area contributed by atoms with Gasteiger partial charge >= 0.3 is 0 Å². The third-order valence-electron chi connectivity index (χ3n) is 4.75. The monoisotopic (exact) mass is 462 g/mol. The van der Waals surface area contributed by atoms with Gasteiger partial charge in [-0.2, -0.15) is 0 Å². The molecule has 0 spiro atoms. The van der Waals surface area contributed by atoms with E-state index in [2.05, 4.69) is 15.3 Å². The molecule has 0 unspecified atom stereocenters. The second-order valence-electron chi connectivity index (χ2n) is 6.79. The third kappa shape index (κ3) is 4.32. The smallest absolute Gasteiger partial charge is 0.258 e. The van der Waals surface area contributed by atoms with Gasteiger partial charge in [-0.1, -0.05) is 41.4 Å². The van der Waals surface area contributed by atoms with Crippen molar-refractivity contribution in [1.82, 2.24) is 9.97 Å². The molecule has 0 atom stereocenters. The lowest BCUT2D eigenvalue weighted by atomic mass is 9.94. The number of amides is 2. The molecule has 8 heteroatoms. The van der Waals surface area contributed by atoms with E-state index in [4.69, 9.17) is 28.9 Å². The molecule has 0 aliphatic heterocycles. The molecule has 2 aromatic heterocycles. The summed E-state index contributed by atoms with van der Waals surface area (Å²) in [6.07, 6.45) is 3.22. The molecule has 4 aromatic rings. The summed E-state index contributed by atoms with van der Waals surface area (Å²) in [6, 6.07) is 18.7. The lowest BCUT2D eigenvalue weighted by Crippen LogP contribution is -2.17. The number of benzene rings is 2. The van der Waals surface area contributed by atoms with Crippen molar-refractivity contribution in [3.8, 4) is 22.4 Å². The maximum absolute atomic E-state index is 12.9. The number of primary amides is 1. The first-order valence-corrected chi connectivity index (χ1v) is 10.3. The van der Waals surface area contributed by atoms with Gasteiger partial charge in [-0.05, 0) is 54.1 Å². The van der Waals surface area contributed by atoms with Gasteiger partial charge in [0.05, 0.1) is 16.3 Å². The van der Waals surface area contributed by atoms with Gasteiger partial charge in [0.1, 0.15) is 5.82 Å². The molecule has 0 aliphatic rings. The number of nitrogens with one attached hydrogen (secondary N) is 1. The summed E-state index contributed by atoms with van der Waals surface area (Å²) in [5.41, 5.74) is 8.17. The van der Waals surface area contributed by atoms with E-state index in [1.165, 1.54) is 12.1 Å². The fraction of sp³-hybridized carbons (Fsp3) is 0. The van der Waals surface area contributed by atoms with Gasteiger partial charge in [0, 0.05) is 34.1 Å². The van der Waals surface area contributed by atoms with E-state index in [1.807, 2.05) is 12.1 Å². The van der Waals surface area contributed by atoms with E-state index >= 15 is 0 Å². The van der Waals surface area contributed by atoms with Crippen LogP contribution in [0.25, 0.3) is 22.4 Å². The standard InChI is InChI=1S/C24H16Cl2N4O2/c25-18-10-7-14(13-17(18)19-5-1-3-11-28-19)21-15(23(27)31)8-9-16(22(21)26)24(32)30-20-6-2-4-12-29-20/h1-13H,(H2,27,31)(H,29,30,32). The average Bonchev–Trinajstić information content (AvgIpc) is 2.80. The average molecular weight is 463 g/mol. The molecule has 2 amide bonds. The van der Waals surface area contributed by atoms with Crippen LogP contribution in [0.3, 0.4) is 0 Å². The van der Waals surface area contributed by atoms with Crippen LogP contribution in [0.2, 0.25) is 10.0 Å². The van der Waals surface area contributed by atoms with Crippen molar-refractivity contribution in [2.45, 2.75) is 0 Å². The lowest BCUT2D eigenvalue weighted by Gasteiger charge is -2.15. The summed E-state index contributed by atoms with van der Waals surface area (Å²) in [5.74, 6) is -0.768. The molecule has 3 N–H and O–H groups in total.